The lowest BCUT2D eigenvalue weighted by Gasteiger charge is -2.33. The number of rotatable bonds is 0. The van der Waals surface area contributed by atoms with Crippen molar-refractivity contribution in [2.24, 2.45) is 21.9 Å². The van der Waals surface area contributed by atoms with Crippen LogP contribution in [0.3, 0.4) is 0 Å². The van der Waals surface area contributed by atoms with Gasteiger partial charge in [-0.05, 0) is 30.6 Å². The Morgan fingerprint density at radius 3 is 2.33 bits per heavy atom. The van der Waals surface area contributed by atoms with Crippen LogP contribution in [0.5, 0.6) is 0 Å². The molecule has 2 saturated carbocycles. The summed E-state index contributed by atoms with van der Waals surface area (Å²) in [6, 6.07) is 0. The van der Waals surface area contributed by atoms with Crippen LogP contribution in [0.15, 0.2) is 5.16 Å². The van der Waals surface area contributed by atoms with Gasteiger partial charge < -0.3 is 5.21 Å². The quantitative estimate of drug-likeness (QED) is 0.436. The monoisotopic (exact) mass is 167 g/mol. The van der Waals surface area contributed by atoms with Gasteiger partial charge in [0.25, 0.3) is 0 Å². The van der Waals surface area contributed by atoms with Gasteiger partial charge in [-0.3, -0.25) is 0 Å². The highest BCUT2D eigenvalue weighted by molar-refractivity contribution is 5.93. The molecule has 2 bridgehead atoms. The predicted molar refractivity (Wildman–Crippen MR) is 48.5 cm³/mol. The van der Waals surface area contributed by atoms with Crippen molar-refractivity contribution in [2.75, 3.05) is 0 Å². The first-order valence-corrected chi connectivity index (χ1v) is 4.74. The second-order valence-electron chi connectivity index (χ2n) is 5.04. The minimum atomic E-state index is 0.173. The molecule has 0 aromatic carbocycles. The van der Waals surface area contributed by atoms with Gasteiger partial charge in [0.15, 0.2) is 0 Å². The summed E-state index contributed by atoms with van der Waals surface area (Å²) in [5, 5.41) is 12.3. The van der Waals surface area contributed by atoms with Gasteiger partial charge in [0.05, 0.1) is 5.71 Å². The Morgan fingerprint density at radius 2 is 2.08 bits per heavy atom. The third kappa shape index (κ3) is 0.644. The minimum Gasteiger partial charge on any atom is -0.411 e. The number of oxime groups is 1. The van der Waals surface area contributed by atoms with E-state index in [9.17, 15) is 0 Å². The summed E-state index contributed by atoms with van der Waals surface area (Å²) >= 11 is 0. The summed E-state index contributed by atoms with van der Waals surface area (Å²) < 4.78 is 0. The molecule has 0 spiro atoms. The molecule has 12 heavy (non-hydrogen) atoms. The summed E-state index contributed by atoms with van der Waals surface area (Å²) in [6.45, 7) is 6.86. The first kappa shape index (κ1) is 8.09. The van der Waals surface area contributed by atoms with Crippen molar-refractivity contribution in [3.05, 3.63) is 0 Å². The van der Waals surface area contributed by atoms with Crippen molar-refractivity contribution in [2.45, 2.75) is 40.0 Å². The Kier molecular flexibility index (Phi) is 1.37. The maximum atomic E-state index is 8.87. The molecule has 0 radical (unpaired) electrons. The number of hydrogen-bond donors (Lipinski definition) is 1. The van der Waals surface area contributed by atoms with E-state index in [0.29, 0.717) is 5.41 Å². The summed E-state index contributed by atoms with van der Waals surface area (Å²) in [5.41, 5.74) is 1.55. The van der Waals surface area contributed by atoms with Crippen LogP contribution in [0, 0.1) is 16.7 Å². The molecule has 0 aliphatic heterocycles. The van der Waals surface area contributed by atoms with Crippen molar-refractivity contribution in [1.29, 1.82) is 0 Å². The van der Waals surface area contributed by atoms with Gasteiger partial charge in [-0.1, -0.05) is 25.9 Å². The lowest BCUT2D eigenvalue weighted by Crippen LogP contribution is -2.32. The molecule has 0 amide bonds. The van der Waals surface area contributed by atoms with Crippen LogP contribution in [0.1, 0.15) is 40.0 Å². The Bertz CT molecular complexity index is 244. The predicted octanol–water partition coefficient (Wildman–Crippen LogP) is 2.66. The molecule has 1 N–H and O–H groups in total. The van der Waals surface area contributed by atoms with E-state index in [4.69, 9.17) is 5.21 Å². The number of nitrogens with zero attached hydrogens (tertiary/aromatic N) is 1. The van der Waals surface area contributed by atoms with E-state index in [0.717, 1.165) is 18.1 Å². The van der Waals surface area contributed by atoms with Gasteiger partial charge in [0.2, 0.25) is 0 Å². The van der Waals surface area contributed by atoms with Crippen LogP contribution in [-0.2, 0) is 0 Å². The first-order valence-electron chi connectivity index (χ1n) is 4.74. The van der Waals surface area contributed by atoms with Gasteiger partial charge in [0.1, 0.15) is 0 Å². The zero-order valence-electron chi connectivity index (χ0n) is 8.09. The smallest absolute Gasteiger partial charge is 0.0638 e. The van der Waals surface area contributed by atoms with Crippen LogP contribution in [0.4, 0.5) is 0 Å². The third-order valence-electron chi connectivity index (χ3n) is 4.63. The molecule has 0 aromatic rings. The Balaban J connectivity index is 2.46. The van der Waals surface area contributed by atoms with Gasteiger partial charge in [-0.15, -0.1) is 0 Å². The zero-order valence-corrected chi connectivity index (χ0v) is 8.09. The van der Waals surface area contributed by atoms with Crippen molar-refractivity contribution >= 4 is 5.71 Å². The van der Waals surface area contributed by atoms with E-state index in [1.807, 2.05) is 0 Å². The Labute approximate surface area is 73.7 Å². The average Bonchev–Trinajstić information content (AvgIpc) is 2.34. The van der Waals surface area contributed by atoms with Crippen LogP contribution in [0.2, 0.25) is 0 Å². The van der Waals surface area contributed by atoms with Gasteiger partial charge in [0, 0.05) is 5.41 Å². The fourth-order valence-corrected chi connectivity index (χ4v) is 3.08. The lowest BCUT2D eigenvalue weighted by atomic mass is 9.70. The Morgan fingerprint density at radius 1 is 1.42 bits per heavy atom. The summed E-state index contributed by atoms with van der Waals surface area (Å²) in [4.78, 5) is 0. The van der Waals surface area contributed by atoms with Crippen molar-refractivity contribution < 1.29 is 5.21 Å². The molecule has 0 saturated heterocycles. The van der Waals surface area contributed by atoms with Gasteiger partial charge >= 0.3 is 0 Å². The summed E-state index contributed by atoms with van der Waals surface area (Å²) in [5.74, 6) is 0.744. The normalized spacial score (nSPS) is 47.2. The van der Waals surface area contributed by atoms with Crippen LogP contribution >= 0.6 is 0 Å². The fraction of sp³-hybridized carbons (Fsp3) is 0.900. The number of hydrogen-bond acceptors (Lipinski definition) is 2. The minimum absolute atomic E-state index is 0.173. The SMILES string of the molecule is CC1(C)C2CC[C@@]1(C)/C(=N/O)C2. The molecule has 2 fully saturated rings. The van der Waals surface area contributed by atoms with Crippen LogP contribution in [-0.4, -0.2) is 10.9 Å². The molecule has 0 heterocycles. The van der Waals surface area contributed by atoms with Crippen LogP contribution in [0.25, 0.3) is 0 Å². The van der Waals surface area contributed by atoms with Crippen molar-refractivity contribution in [3.63, 3.8) is 0 Å². The van der Waals surface area contributed by atoms with Gasteiger partial charge in [-0.25, -0.2) is 0 Å². The molecule has 2 nitrogen and oxygen atoms in total. The molecule has 2 atom stereocenters. The largest absolute Gasteiger partial charge is 0.411 e. The molecule has 2 aliphatic carbocycles. The lowest BCUT2D eigenvalue weighted by molar-refractivity contribution is 0.190. The molecule has 2 heteroatoms. The second-order valence-corrected chi connectivity index (χ2v) is 5.04. The maximum absolute atomic E-state index is 8.87. The van der Waals surface area contributed by atoms with Gasteiger partial charge in [-0.2, -0.15) is 0 Å². The number of fused-ring (bicyclic) bond motifs is 2. The molecule has 1 unspecified atom stereocenters. The van der Waals surface area contributed by atoms with Crippen molar-refractivity contribution in [1.82, 2.24) is 0 Å². The molecule has 2 rings (SSSR count). The van der Waals surface area contributed by atoms with Crippen LogP contribution < -0.4 is 0 Å². The molecular formula is C10H17NO. The van der Waals surface area contributed by atoms with Crippen molar-refractivity contribution in [3.8, 4) is 0 Å². The highest BCUT2D eigenvalue weighted by Gasteiger charge is 2.60. The fourth-order valence-electron chi connectivity index (χ4n) is 3.08. The second kappa shape index (κ2) is 2.04. The highest BCUT2D eigenvalue weighted by atomic mass is 16.4. The van der Waals surface area contributed by atoms with E-state index in [-0.39, 0.29) is 5.41 Å². The zero-order chi connectivity index (χ0) is 8.98. The maximum Gasteiger partial charge on any atom is 0.0638 e. The van der Waals surface area contributed by atoms with E-state index in [2.05, 4.69) is 25.9 Å². The topological polar surface area (TPSA) is 32.6 Å². The average molecular weight is 167 g/mol. The van der Waals surface area contributed by atoms with E-state index in [1.165, 1.54) is 12.8 Å². The summed E-state index contributed by atoms with van der Waals surface area (Å²) in [7, 11) is 0. The van der Waals surface area contributed by atoms with E-state index < -0.39 is 0 Å². The summed E-state index contributed by atoms with van der Waals surface area (Å²) in [6.07, 6.45) is 3.52. The standard InChI is InChI=1S/C10H17NO/c1-9(2)7-4-5-10(9,3)8(6-7)11-12/h7,12H,4-6H2,1-3H3/b11-8+/t7?,10-/m0/s1. The third-order valence-corrected chi connectivity index (χ3v) is 4.63. The Hall–Kier alpha value is -0.530. The van der Waals surface area contributed by atoms with E-state index >= 15 is 0 Å². The molecule has 68 valence electrons. The molecular weight excluding hydrogens is 150 g/mol. The first-order chi connectivity index (χ1) is 5.52. The highest BCUT2D eigenvalue weighted by Crippen LogP contribution is 2.63. The molecule has 0 aromatic heterocycles. The molecule has 2 aliphatic rings. The van der Waals surface area contributed by atoms with E-state index in [1.54, 1.807) is 0 Å².